The Balaban J connectivity index is 2.51. The van der Waals surface area contributed by atoms with Crippen molar-refractivity contribution < 1.29 is 14.3 Å². The van der Waals surface area contributed by atoms with E-state index in [-0.39, 0.29) is 11.6 Å². The van der Waals surface area contributed by atoms with Gasteiger partial charge in [-0.05, 0) is 31.2 Å². The SMILES string of the molecule is CCC(=O)c1ccc(OCCC(C)=O)cc1. The smallest absolute Gasteiger partial charge is 0.162 e. The van der Waals surface area contributed by atoms with Crippen LogP contribution < -0.4 is 4.74 Å². The molecule has 1 aromatic carbocycles. The summed E-state index contributed by atoms with van der Waals surface area (Å²) < 4.78 is 5.35. The molecule has 0 aliphatic carbocycles. The molecule has 16 heavy (non-hydrogen) atoms. The first-order chi connectivity index (χ1) is 7.63. The molecule has 0 fully saturated rings. The van der Waals surface area contributed by atoms with E-state index < -0.39 is 0 Å². The second-order valence-corrected chi connectivity index (χ2v) is 3.60. The van der Waals surface area contributed by atoms with Gasteiger partial charge in [0.1, 0.15) is 11.5 Å². The average Bonchev–Trinajstić information content (AvgIpc) is 2.28. The van der Waals surface area contributed by atoms with Crippen LogP contribution in [0.1, 0.15) is 37.0 Å². The maximum absolute atomic E-state index is 11.3. The molecule has 0 atom stereocenters. The largest absolute Gasteiger partial charge is 0.493 e. The van der Waals surface area contributed by atoms with E-state index in [9.17, 15) is 9.59 Å². The Morgan fingerprint density at radius 3 is 2.31 bits per heavy atom. The van der Waals surface area contributed by atoms with E-state index in [4.69, 9.17) is 4.74 Å². The predicted octanol–water partition coefficient (Wildman–Crippen LogP) is 2.64. The summed E-state index contributed by atoms with van der Waals surface area (Å²) in [5, 5.41) is 0. The van der Waals surface area contributed by atoms with Crippen molar-refractivity contribution >= 4 is 11.6 Å². The standard InChI is InChI=1S/C13H16O3/c1-3-13(15)11-4-6-12(7-5-11)16-9-8-10(2)14/h4-7H,3,8-9H2,1-2H3. The van der Waals surface area contributed by atoms with E-state index in [1.807, 2.05) is 6.92 Å². The highest BCUT2D eigenvalue weighted by Gasteiger charge is 2.02. The summed E-state index contributed by atoms with van der Waals surface area (Å²) in [6, 6.07) is 7.00. The topological polar surface area (TPSA) is 43.4 Å². The summed E-state index contributed by atoms with van der Waals surface area (Å²) in [5.41, 5.74) is 0.696. The van der Waals surface area contributed by atoms with Crippen LogP contribution in [-0.4, -0.2) is 18.2 Å². The summed E-state index contributed by atoms with van der Waals surface area (Å²) in [4.78, 5) is 22.0. The third-order valence-electron chi connectivity index (χ3n) is 2.22. The Labute approximate surface area is 95.4 Å². The van der Waals surface area contributed by atoms with Crippen LogP contribution in [0.2, 0.25) is 0 Å². The van der Waals surface area contributed by atoms with Gasteiger partial charge in [-0.2, -0.15) is 0 Å². The van der Waals surface area contributed by atoms with E-state index in [2.05, 4.69) is 0 Å². The fourth-order valence-electron chi connectivity index (χ4n) is 1.25. The van der Waals surface area contributed by atoms with Gasteiger partial charge in [0.2, 0.25) is 0 Å². The number of ether oxygens (including phenoxy) is 1. The minimum absolute atomic E-state index is 0.109. The minimum atomic E-state index is 0.109. The summed E-state index contributed by atoms with van der Waals surface area (Å²) >= 11 is 0. The first kappa shape index (κ1) is 12.4. The van der Waals surface area contributed by atoms with E-state index in [1.54, 1.807) is 24.3 Å². The van der Waals surface area contributed by atoms with E-state index in [0.717, 1.165) is 0 Å². The van der Waals surface area contributed by atoms with Gasteiger partial charge in [0.05, 0.1) is 6.61 Å². The zero-order chi connectivity index (χ0) is 12.0. The third-order valence-corrected chi connectivity index (χ3v) is 2.22. The van der Waals surface area contributed by atoms with Crippen LogP contribution in [0.5, 0.6) is 5.75 Å². The van der Waals surface area contributed by atoms with E-state index >= 15 is 0 Å². The first-order valence-corrected chi connectivity index (χ1v) is 5.39. The average molecular weight is 220 g/mol. The van der Waals surface area contributed by atoms with E-state index in [1.165, 1.54) is 6.92 Å². The summed E-state index contributed by atoms with van der Waals surface area (Å²) in [6.07, 6.45) is 0.917. The molecule has 1 rings (SSSR count). The lowest BCUT2D eigenvalue weighted by atomic mass is 10.1. The zero-order valence-electron chi connectivity index (χ0n) is 9.66. The van der Waals surface area contributed by atoms with Crippen molar-refractivity contribution in [1.29, 1.82) is 0 Å². The number of Topliss-reactive ketones (excluding diaryl/α,β-unsaturated/α-hetero) is 2. The van der Waals surface area contributed by atoms with E-state index in [0.29, 0.717) is 30.8 Å². The molecule has 0 radical (unpaired) electrons. The number of hydrogen-bond donors (Lipinski definition) is 0. The molecular weight excluding hydrogens is 204 g/mol. The molecule has 0 unspecified atom stereocenters. The van der Waals surface area contributed by atoms with Crippen molar-refractivity contribution in [1.82, 2.24) is 0 Å². The monoisotopic (exact) mass is 220 g/mol. The van der Waals surface area contributed by atoms with Crippen molar-refractivity contribution in [3.63, 3.8) is 0 Å². The lowest BCUT2D eigenvalue weighted by molar-refractivity contribution is -0.117. The van der Waals surface area contributed by atoms with Crippen LogP contribution in [0.25, 0.3) is 0 Å². The van der Waals surface area contributed by atoms with Gasteiger partial charge in [-0.25, -0.2) is 0 Å². The van der Waals surface area contributed by atoms with Crippen molar-refractivity contribution in [2.75, 3.05) is 6.61 Å². The molecule has 0 heterocycles. The van der Waals surface area contributed by atoms with Crippen LogP contribution in [0.15, 0.2) is 24.3 Å². The maximum Gasteiger partial charge on any atom is 0.162 e. The number of rotatable bonds is 6. The van der Waals surface area contributed by atoms with Gasteiger partial charge in [0, 0.05) is 18.4 Å². The summed E-state index contributed by atoms with van der Waals surface area (Å²) in [7, 11) is 0. The lowest BCUT2D eigenvalue weighted by Crippen LogP contribution is -2.03. The molecule has 0 amide bonds. The predicted molar refractivity (Wildman–Crippen MR) is 61.9 cm³/mol. The molecule has 0 aliphatic heterocycles. The van der Waals surface area contributed by atoms with Crippen molar-refractivity contribution in [2.24, 2.45) is 0 Å². The molecule has 0 saturated carbocycles. The third kappa shape index (κ3) is 3.85. The van der Waals surface area contributed by atoms with Crippen molar-refractivity contribution in [2.45, 2.75) is 26.7 Å². The second kappa shape index (κ2) is 6.05. The van der Waals surface area contributed by atoms with Crippen LogP contribution >= 0.6 is 0 Å². The quantitative estimate of drug-likeness (QED) is 0.692. The van der Waals surface area contributed by atoms with Crippen LogP contribution in [0.4, 0.5) is 0 Å². The fourth-order valence-corrected chi connectivity index (χ4v) is 1.25. The normalized spacial score (nSPS) is 9.88. The molecule has 3 nitrogen and oxygen atoms in total. The van der Waals surface area contributed by atoms with Crippen LogP contribution in [-0.2, 0) is 4.79 Å². The van der Waals surface area contributed by atoms with Crippen molar-refractivity contribution in [3.05, 3.63) is 29.8 Å². The van der Waals surface area contributed by atoms with Gasteiger partial charge >= 0.3 is 0 Å². The Bertz CT molecular complexity index is 365. The van der Waals surface area contributed by atoms with Gasteiger partial charge in [-0.15, -0.1) is 0 Å². The van der Waals surface area contributed by atoms with Crippen LogP contribution in [0.3, 0.4) is 0 Å². The number of carbonyl (C=O) groups excluding carboxylic acids is 2. The van der Waals surface area contributed by atoms with Crippen molar-refractivity contribution in [3.8, 4) is 5.75 Å². The Kier molecular flexibility index (Phi) is 4.70. The molecule has 86 valence electrons. The molecule has 0 saturated heterocycles. The minimum Gasteiger partial charge on any atom is -0.493 e. The van der Waals surface area contributed by atoms with Gasteiger partial charge in [-0.3, -0.25) is 9.59 Å². The molecule has 1 aromatic rings. The molecule has 0 aliphatic rings. The highest BCUT2D eigenvalue weighted by atomic mass is 16.5. The highest BCUT2D eigenvalue weighted by molar-refractivity contribution is 5.95. The fraction of sp³-hybridized carbons (Fsp3) is 0.385. The molecular formula is C13H16O3. The number of hydrogen-bond acceptors (Lipinski definition) is 3. The van der Waals surface area contributed by atoms with Crippen LogP contribution in [0, 0.1) is 0 Å². The van der Waals surface area contributed by atoms with Gasteiger partial charge in [0.25, 0.3) is 0 Å². The Morgan fingerprint density at radius 1 is 1.19 bits per heavy atom. The number of benzene rings is 1. The lowest BCUT2D eigenvalue weighted by Gasteiger charge is -2.05. The molecule has 0 spiro atoms. The highest BCUT2D eigenvalue weighted by Crippen LogP contribution is 2.13. The van der Waals surface area contributed by atoms with Gasteiger partial charge in [0.15, 0.2) is 5.78 Å². The number of carbonyl (C=O) groups is 2. The summed E-state index contributed by atoms with van der Waals surface area (Å²) in [6.45, 7) is 3.75. The molecule has 0 aromatic heterocycles. The maximum atomic E-state index is 11.3. The molecule has 0 bridgehead atoms. The zero-order valence-corrected chi connectivity index (χ0v) is 9.66. The Morgan fingerprint density at radius 2 is 1.81 bits per heavy atom. The molecule has 3 heteroatoms. The summed E-state index contributed by atoms with van der Waals surface area (Å²) in [5.74, 6) is 0.918. The molecule has 0 N–H and O–H groups in total. The number of ketones is 2. The van der Waals surface area contributed by atoms with Gasteiger partial charge < -0.3 is 4.74 Å². The van der Waals surface area contributed by atoms with Gasteiger partial charge in [-0.1, -0.05) is 6.92 Å². The first-order valence-electron chi connectivity index (χ1n) is 5.39. The second-order valence-electron chi connectivity index (χ2n) is 3.60. The Hall–Kier alpha value is -1.64.